The molecule has 7 heteroatoms. The first-order valence-corrected chi connectivity index (χ1v) is 8.92. The Hall–Kier alpha value is -2.18. The van der Waals surface area contributed by atoms with Crippen molar-refractivity contribution in [3.05, 3.63) is 52.8 Å². The second kappa shape index (κ2) is 7.60. The Morgan fingerprint density at radius 3 is 2.88 bits per heavy atom. The van der Waals surface area contributed by atoms with Crippen molar-refractivity contribution in [2.75, 3.05) is 11.9 Å². The number of amides is 1. The van der Waals surface area contributed by atoms with Crippen molar-refractivity contribution in [1.82, 2.24) is 9.55 Å². The van der Waals surface area contributed by atoms with Crippen LogP contribution in [0.4, 0.5) is 10.1 Å². The van der Waals surface area contributed by atoms with Gasteiger partial charge in [0.05, 0.1) is 17.0 Å². The minimum Gasteiger partial charge on any atom is -0.396 e. The number of aliphatic hydroxyl groups is 1. The molecule has 0 saturated heterocycles. The number of nitrogens with zero attached hydrogens (tertiary/aromatic N) is 2. The monoisotopic (exact) mass is 377 g/mol. The molecular formula is C19H21ClFN3O2. The van der Waals surface area contributed by atoms with Crippen molar-refractivity contribution < 1.29 is 14.3 Å². The van der Waals surface area contributed by atoms with E-state index < -0.39 is 5.82 Å². The fourth-order valence-corrected chi connectivity index (χ4v) is 3.60. The van der Waals surface area contributed by atoms with Crippen molar-refractivity contribution in [3.8, 4) is 0 Å². The van der Waals surface area contributed by atoms with Gasteiger partial charge in [-0.2, -0.15) is 0 Å². The highest BCUT2D eigenvalue weighted by Gasteiger charge is 2.30. The molecule has 3 rings (SSSR count). The van der Waals surface area contributed by atoms with Crippen LogP contribution in [-0.2, 0) is 7.05 Å². The standard InChI is InChI=1S/C19H21ClFN3O2/c1-3-11-6-12(7-13(11)9-25)17-18(24(2)10-22-17)19(26)23-14-4-5-16(21)15(20)8-14/h4-5,7-8,10-11,13,25H,3,6,9H2,1-2H3,(H,23,26)/t11?,13-/m0/s1. The number of halogens is 2. The van der Waals surface area contributed by atoms with E-state index in [0.717, 1.165) is 18.4 Å². The van der Waals surface area contributed by atoms with Crippen LogP contribution in [0.2, 0.25) is 5.02 Å². The number of carbonyl (C=O) groups excluding carboxylic acids is 1. The lowest BCUT2D eigenvalue weighted by Gasteiger charge is -2.14. The molecule has 0 radical (unpaired) electrons. The highest BCUT2D eigenvalue weighted by Crippen LogP contribution is 2.38. The SMILES string of the molecule is CCC1CC(c2ncn(C)c2C(=O)Nc2ccc(F)c(Cl)c2)=C[C@H]1CO. The van der Waals surface area contributed by atoms with Crippen LogP contribution in [0.15, 0.2) is 30.6 Å². The molecule has 138 valence electrons. The minimum absolute atomic E-state index is 0.0527. The van der Waals surface area contributed by atoms with Crippen LogP contribution in [0.25, 0.3) is 5.57 Å². The van der Waals surface area contributed by atoms with Gasteiger partial charge in [-0.25, -0.2) is 9.37 Å². The normalized spacial score (nSPS) is 19.5. The van der Waals surface area contributed by atoms with Gasteiger partial charge in [0, 0.05) is 25.3 Å². The first kappa shape index (κ1) is 18.6. The van der Waals surface area contributed by atoms with Gasteiger partial charge in [-0.1, -0.05) is 31.0 Å². The third-order valence-corrected chi connectivity index (χ3v) is 5.16. The summed E-state index contributed by atoms with van der Waals surface area (Å²) in [5, 5.41) is 12.3. The Labute approximate surface area is 156 Å². The molecule has 1 unspecified atom stereocenters. The van der Waals surface area contributed by atoms with Crippen LogP contribution in [0.1, 0.15) is 35.9 Å². The lowest BCUT2D eigenvalue weighted by atomic mass is 9.93. The number of hydrogen-bond donors (Lipinski definition) is 2. The lowest BCUT2D eigenvalue weighted by Crippen LogP contribution is -2.17. The van der Waals surface area contributed by atoms with Crippen LogP contribution in [0.3, 0.4) is 0 Å². The molecule has 1 aliphatic rings. The number of imidazole rings is 1. The Morgan fingerprint density at radius 2 is 2.27 bits per heavy atom. The number of anilines is 1. The van der Waals surface area contributed by atoms with Crippen molar-refractivity contribution in [3.63, 3.8) is 0 Å². The quantitative estimate of drug-likeness (QED) is 0.830. The first-order valence-electron chi connectivity index (χ1n) is 8.54. The highest BCUT2D eigenvalue weighted by molar-refractivity contribution is 6.31. The molecule has 1 heterocycles. The van der Waals surface area contributed by atoms with Crippen LogP contribution >= 0.6 is 11.6 Å². The molecular weight excluding hydrogens is 357 g/mol. The largest absolute Gasteiger partial charge is 0.396 e. The summed E-state index contributed by atoms with van der Waals surface area (Å²) in [6, 6.07) is 4.03. The second-order valence-electron chi connectivity index (χ2n) is 6.55. The number of allylic oxidation sites excluding steroid dienone is 1. The molecule has 0 saturated carbocycles. The number of rotatable bonds is 5. The maximum atomic E-state index is 13.3. The summed E-state index contributed by atoms with van der Waals surface area (Å²) in [5.74, 6) is -0.445. The predicted molar refractivity (Wildman–Crippen MR) is 99.5 cm³/mol. The Morgan fingerprint density at radius 1 is 1.50 bits per heavy atom. The number of aryl methyl sites for hydroxylation is 1. The molecule has 5 nitrogen and oxygen atoms in total. The van der Waals surface area contributed by atoms with E-state index in [-0.39, 0.29) is 23.5 Å². The van der Waals surface area contributed by atoms with E-state index in [9.17, 15) is 14.3 Å². The van der Waals surface area contributed by atoms with E-state index in [4.69, 9.17) is 11.6 Å². The zero-order valence-corrected chi connectivity index (χ0v) is 15.4. The number of aromatic nitrogens is 2. The summed E-state index contributed by atoms with van der Waals surface area (Å²) in [5.41, 5.74) is 2.42. The molecule has 1 amide bonds. The maximum Gasteiger partial charge on any atom is 0.274 e. The van der Waals surface area contributed by atoms with E-state index >= 15 is 0 Å². The summed E-state index contributed by atoms with van der Waals surface area (Å²) in [6.07, 6.45) is 5.34. The molecule has 1 aromatic carbocycles. The van der Waals surface area contributed by atoms with E-state index in [2.05, 4.69) is 17.2 Å². The summed E-state index contributed by atoms with van der Waals surface area (Å²) in [4.78, 5) is 17.2. The van der Waals surface area contributed by atoms with Crippen LogP contribution in [-0.4, -0.2) is 27.2 Å². The van der Waals surface area contributed by atoms with Crippen molar-refractivity contribution in [2.24, 2.45) is 18.9 Å². The molecule has 0 aliphatic heterocycles. The molecule has 26 heavy (non-hydrogen) atoms. The molecule has 2 aromatic rings. The van der Waals surface area contributed by atoms with Crippen molar-refractivity contribution in [2.45, 2.75) is 19.8 Å². The lowest BCUT2D eigenvalue weighted by molar-refractivity contribution is 0.101. The molecule has 1 aromatic heterocycles. The molecule has 2 atom stereocenters. The maximum absolute atomic E-state index is 13.3. The first-order chi connectivity index (χ1) is 12.4. The fourth-order valence-electron chi connectivity index (χ4n) is 3.42. The van der Waals surface area contributed by atoms with E-state index in [0.29, 0.717) is 23.0 Å². The average Bonchev–Trinajstić information content (AvgIpc) is 3.20. The second-order valence-corrected chi connectivity index (χ2v) is 6.95. The number of benzene rings is 1. The summed E-state index contributed by atoms with van der Waals surface area (Å²) in [6.45, 7) is 2.18. The number of carbonyl (C=O) groups is 1. The minimum atomic E-state index is -0.539. The Kier molecular flexibility index (Phi) is 5.44. The number of hydrogen-bond acceptors (Lipinski definition) is 3. The molecule has 0 fully saturated rings. The zero-order valence-electron chi connectivity index (χ0n) is 14.7. The van der Waals surface area contributed by atoms with Gasteiger partial charge in [0.15, 0.2) is 0 Å². The van der Waals surface area contributed by atoms with Crippen molar-refractivity contribution >= 4 is 28.8 Å². The van der Waals surface area contributed by atoms with E-state index in [1.54, 1.807) is 17.9 Å². The molecule has 2 N–H and O–H groups in total. The summed E-state index contributed by atoms with van der Waals surface area (Å²) >= 11 is 5.78. The fraction of sp³-hybridized carbons (Fsp3) is 0.368. The number of aliphatic hydroxyl groups excluding tert-OH is 1. The van der Waals surface area contributed by atoms with Gasteiger partial charge in [0.2, 0.25) is 0 Å². The zero-order chi connectivity index (χ0) is 18.8. The van der Waals surface area contributed by atoms with Gasteiger partial charge >= 0.3 is 0 Å². The van der Waals surface area contributed by atoms with Crippen LogP contribution in [0.5, 0.6) is 0 Å². The molecule has 0 spiro atoms. The average molecular weight is 378 g/mol. The number of nitrogens with one attached hydrogen (secondary N) is 1. The van der Waals surface area contributed by atoms with Crippen molar-refractivity contribution in [1.29, 1.82) is 0 Å². The molecule has 0 bridgehead atoms. The van der Waals surface area contributed by atoms with Gasteiger partial charge in [-0.3, -0.25) is 4.79 Å². The summed E-state index contributed by atoms with van der Waals surface area (Å²) < 4.78 is 15.0. The third-order valence-electron chi connectivity index (χ3n) is 4.87. The van der Waals surface area contributed by atoms with E-state index in [1.807, 2.05) is 6.08 Å². The Balaban J connectivity index is 1.88. The van der Waals surface area contributed by atoms with Gasteiger partial charge in [0.25, 0.3) is 5.91 Å². The Bertz CT molecular complexity index is 862. The van der Waals surface area contributed by atoms with Gasteiger partial charge < -0.3 is 15.0 Å². The van der Waals surface area contributed by atoms with Gasteiger partial charge in [-0.05, 0) is 36.1 Å². The van der Waals surface area contributed by atoms with Crippen LogP contribution in [0, 0.1) is 17.7 Å². The smallest absolute Gasteiger partial charge is 0.274 e. The highest BCUT2D eigenvalue weighted by atomic mass is 35.5. The predicted octanol–water partition coefficient (Wildman–Crippen LogP) is 3.89. The van der Waals surface area contributed by atoms with Gasteiger partial charge in [0.1, 0.15) is 11.5 Å². The van der Waals surface area contributed by atoms with Gasteiger partial charge in [-0.15, -0.1) is 0 Å². The third kappa shape index (κ3) is 3.52. The molecule has 1 aliphatic carbocycles. The topological polar surface area (TPSA) is 67.2 Å². The summed E-state index contributed by atoms with van der Waals surface area (Å²) in [7, 11) is 1.75. The van der Waals surface area contributed by atoms with E-state index in [1.165, 1.54) is 18.2 Å². The van der Waals surface area contributed by atoms with Crippen LogP contribution < -0.4 is 5.32 Å².